The van der Waals surface area contributed by atoms with Gasteiger partial charge in [-0.3, -0.25) is 14.5 Å². The van der Waals surface area contributed by atoms with Crippen LogP contribution < -0.4 is 10.1 Å². The molecule has 1 atom stereocenters. The number of nitrogens with zero attached hydrogens (tertiary/aromatic N) is 4. The van der Waals surface area contributed by atoms with Gasteiger partial charge in [-0.25, -0.2) is 9.37 Å². The van der Waals surface area contributed by atoms with Crippen LogP contribution in [0.25, 0.3) is 11.3 Å². The molecule has 11 heteroatoms. The molecule has 0 saturated heterocycles. The Hall–Kier alpha value is -3.50. The first-order valence-corrected chi connectivity index (χ1v) is 9.38. The molecule has 1 aliphatic rings. The molecule has 0 radical (unpaired) electrons. The third-order valence-electron chi connectivity index (χ3n) is 4.97. The van der Waals surface area contributed by atoms with E-state index in [9.17, 15) is 22.4 Å². The van der Waals surface area contributed by atoms with Gasteiger partial charge in [0.15, 0.2) is 5.82 Å². The number of methoxy groups -OCH3 is 1. The van der Waals surface area contributed by atoms with Gasteiger partial charge >= 0.3 is 6.18 Å². The first kappa shape index (κ1) is 20.8. The summed E-state index contributed by atoms with van der Waals surface area (Å²) in [5.74, 6) is -1.34. The van der Waals surface area contributed by atoms with Crippen LogP contribution in [0.15, 0.2) is 36.7 Å². The molecule has 4 heterocycles. The van der Waals surface area contributed by atoms with E-state index in [1.807, 2.05) is 0 Å². The van der Waals surface area contributed by atoms with Crippen LogP contribution in [-0.2, 0) is 12.7 Å². The average Bonchev–Trinajstić information content (AvgIpc) is 3.19. The zero-order valence-corrected chi connectivity index (χ0v) is 16.3. The molecular formula is C20H17F4N5O2. The van der Waals surface area contributed by atoms with Crippen molar-refractivity contribution in [2.24, 2.45) is 0 Å². The van der Waals surface area contributed by atoms with Gasteiger partial charge < -0.3 is 10.1 Å². The number of pyridine rings is 2. The van der Waals surface area contributed by atoms with Crippen LogP contribution in [-0.4, -0.2) is 32.8 Å². The Morgan fingerprint density at radius 2 is 2.06 bits per heavy atom. The first-order chi connectivity index (χ1) is 14.8. The summed E-state index contributed by atoms with van der Waals surface area (Å²) < 4.78 is 59.6. The minimum Gasteiger partial charge on any atom is -0.481 e. The maximum atomic E-state index is 14.1. The van der Waals surface area contributed by atoms with E-state index in [4.69, 9.17) is 4.74 Å². The monoisotopic (exact) mass is 435 g/mol. The Morgan fingerprint density at radius 3 is 2.81 bits per heavy atom. The molecule has 7 nitrogen and oxygen atoms in total. The molecule has 162 valence electrons. The Kier molecular flexibility index (Phi) is 5.34. The lowest BCUT2D eigenvalue weighted by molar-refractivity contribution is -0.141. The summed E-state index contributed by atoms with van der Waals surface area (Å²) in [5, 5.41) is 7.15. The highest BCUT2D eigenvalue weighted by Crippen LogP contribution is 2.33. The number of alkyl halides is 3. The van der Waals surface area contributed by atoms with Crippen LogP contribution in [0.1, 0.15) is 40.6 Å². The fourth-order valence-corrected chi connectivity index (χ4v) is 3.46. The smallest absolute Gasteiger partial charge is 0.433 e. The van der Waals surface area contributed by atoms with E-state index in [1.165, 1.54) is 19.2 Å². The molecule has 1 aliphatic heterocycles. The molecule has 4 rings (SSSR count). The molecule has 0 bridgehead atoms. The minimum atomic E-state index is -4.57. The Labute approximate surface area is 174 Å². The number of nitrogens with one attached hydrogen (secondary N) is 1. The van der Waals surface area contributed by atoms with Gasteiger partial charge in [-0.1, -0.05) is 0 Å². The highest BCUT2D eigenvalue weighted by atomic mass is 19.4. The van der Waals surface area contributed by atoms with Crippen LogP contribution in [0, 0.1) is 5.82 Å². The van der Waals surface area contributed by atoms with Gasteiger partial charge in [-0.15, -0.1) is 0 Å². The quantitative estimate of drug-likeness (QED) is 0.631. The summed E-state index contributed by atoms with van der Waals surface area (Å²) in [5.41, 5.74) is -0.00275. The number of carbonyl (C=O) groups is 1. The number of carbonyl (C=O) groups excluding carboxylic acids is 1. The standard InChI is InChI=1S/C20H17F4N5O2/c1-31-18-8-12(13(21)10-26-18)19(30)27-14-3-2-6-29-16(14)9-15(28-29)11-4-5-25-17(7-11)20(22,23)24/h4-5,7-10,14H,2-3,6H2,1H3,(H,27,30). The first-order valence-electron chi connectivity index (χ1n) is 9.38. The molecule has 0 saturated carbocycles. The van der Waals surface area contributed by atoms with E-state index in [-0.39, 0.29) is 17.0 Å². The molecule has 3 aromatic heterocycles. The topological polar surface area (TPSA) is 81.9 Å². The summed E-state index contributed by atoms with van der Waals surface area (Å²) in [6.07, 6.45) is -1.33. The van der Waals surface area contributed by atoms with Crippen molar-refractivity contribution in [2.45, 2.75) is 31.6 Å². The van der Waals surface area contributed by atoms with Gasteiger partial charge in [0.25, 0.3) is 5.91 Å². The number of hydrogen-bond donors (Lipinski definition) is 1. The van der Waals surface area contributed by atoms with Crippen molar-refractivity contribution < 1.29 is 27.1 Å². The Morgan fingerprint density at radius 1 is 1.26 bits per heavy atom. The number of amides is 1. The van der Waals surface area contributed by atoms with Crippen molar-refractivity contribution >= 4 is 5.91 Å². The number of hydrogen-bond acceptors (Lipinski definition) is 5. The molecular weight excluding hydrogens is 418 g/mol. The predicted molar refractivity (Wildman–Crippen MR) is 101 cm³/mol. The van der Waals surface area contributed by atoms with Crippen LogP contribution >= 0.6 is 0 Å². The maximum Gasteiger partial charge on any atom is 0.433 e. The summed E-state index contributed by atoms with van der Waals surface area (Å²) in [6, 6.07) is 4.72. The zero-order valence-electron chi connectivity index (χ0n) is 16.3. The molecule has 0 aromatic carbocycles. The number of rotatable bonds is 4. The van der Waals surface area contributed by atoms with Gasteiger partial charge in [-0.05, 0) is 31.0 Å². The maximum absolute atomic E-state index is 14.1. The summed E-state index contributed by atoms with van der Waals surface area (Å²) in [6.45, 7) is 0.552. The number of aryl methyl sites for hydroxylation is 1. The van der Waals surface area contributed by atoms with Crippen molar-refractivity contribution in [1.82, 2.24) is 25.1 Å². The fraction of sp³-hybridized carbons (Fsp3) is 0.300. The van der Waals surface area contributed by atoms with E-state index < -0.39 is 29.6 Å². The third-order valence-corrected chi connectivity index (χ3v) is 4.97. The molecule has 0 aliphatic carbocycles. The van der Waals surface area contributed by atoms with Crippen molar-refractivity contribution in [3.8, 4) is 17.1 Å². The fourth-order valence-electron chi connectivity index (χ4n) is 3.46. The summed E-state index contributed by atoms with van der Waals surface area (Å²) >= 11 is 0. The lowest BCUT2D eigenvalue weighted by Crippen LogP contribution is -2.33. The number of fused-ring (bicyclic) bond motifs is 1. The van der Waals surface area contributed by atoms with Gasteiger partial charge in [0.2, 0.25) is 5.88 Å². The molecule has 1 N–H and O–H groups in total. The molecule has 3 aromatic rings. The van der Waals surface area contributed by atoms with Gasteiger partial charge in [0, 0.05) is 24.4 Å². The van der Waals surface area contributed by atoms with E-state index >= 15 is 0 Å². The lowest BCUT2D eigenvalue weighted by Gasteiger charge is -2.24. The predicted octanol–water partition coefficient (Wildman–Crippen LogP) is 3.77. The molecule has 31 heavy (non-hydrogen) atoms. The van der Waals surface area contributed by atoms with Crippen LogP contribution in [0.3, 0.4) is 0 Å². The second-order valence-electron chi connectivity index (χ2n) is 6.98. The molecule has 0 fully saturated rings. The van der Waals surface area contributed by atoms with E-state index in [0.29, 0.717) is 30.8 Å². The van der Waals surface area contributed by atoms with Crippen LogP contribution in [0.2, 0.25) is 0 Å². The van der Waals surface area contributed by atoms with Crippen LogP contribution in [0.4, 0.5) is 17.6 Å². The molecule has 1 amide bonds. The van der Waals surface area contributed by atoms with Gasteiger partial charge in [-0.2, -0.15) is 18.3 Å². The largest absolute Gasteiger partial charge is 0.481 e. The van der Waals surface area contributed by atoms with E-state index in [1.54, 1.807) is 10.7 Å². The highest BCUT2D eigenvalue weighted by molar-refractivity contribution is 5.95. The highest BCUT2D eigenvalue weighted by Gasteiger charge is 2.33. The Balaban J connectivity index is 1.61. The minimum absolute atomic E-state index is 0.0979. The Bertz CT molecular complexity index is 1130. The van der Waals surface area contributed by atoms with Crippen LogP contribution in [0.5, 0.6) is 5.88 Å². The summed E-state index contributed by atoms with van der Waals surface area (Å²) in [7, 11) is 1.35. The summed E-state index contributed by atoms with van der Waals surface area (Å²) in [4.78, 5) is 19.7. The molecule has 1 unspecified atom stereocenters. The second-order valence-corrected chi connectivity index (χ2v) is 6.98. The normalized spacial score (nSPS) is 16.0. The average molecular weight is 435 g/mol. The van der Waals surface area contributed by atoms with E-state index in [2.05, 4.69) is 20.4 Å². The van der Waals surface area contributed by atoms with Crippen molar-refractivity contribution in [3.63, 3.8) is 0 Å². The van der Waals surface area contributed by atoms with Gasteiger partial charge in [0.1, 0.15) is 5.69 Å². The van der Waals surface area contributed by atoms with Gasteiger partial charge in [0.05, 0.1) is 36.3 Å². The lowest BCUT2D eigenvalue weighted by atomic mass is 10.0. The zero-order chi connectivity index (χ0) is 22.2. The van der Waals surface area contributed by atoms with Crippen molar-refractivity contribution in [1.29, 1.82) is 0 Å². The SMILES string of the molecule is COc1cc(C(=O)NC2CCCn3nc(-c4ccnc(C(F)(F)F)c4)cc32)c(F)cn1. The number of ether oxygens (including phenoxy) is 1. The number of aromatic nitrogens is 4. The second kappa shape index (κ2) is 7.97. The van der Waals surface area contributed by atoms with Crippen molar-refractivity contribution in [3.05, 3.63) is 59.4 Å². The number of halogens is 4. The van der Waals surface area contributed by atoms with Crippen molar-refractivity contribution in [2.75, 3.05) is 7.11 Å². The third kappa shape index (κ3) is 4.21. The van der Waals surface area contributed by atoms with E-state index in [0.717, 1.165) is 18.5 Å². The molecule has 0 spiro atoms.